The van der Waals surface area contributed by atoms with Crippen LogP contribution in [0.2, 0.25) is 0 Å². The minimum absolute atomic E-state index is 0.144. The van der Waals surface area contributed by atoms with Crippen molar-refractivity contribution in [3.05, 3.63) is 228 Å². The molecule has 4 heteroatoms. The minimum Gasteiger partial charge on any atom is -0.309 e. The molecule has 0 N–H and O–H groups in total. The molecule has 0 aliphatic heterocycles. The van der Waals surface area contributed by atoms with Gasteiger partial charge in [0, 0.05) is 50.0 Å². The predicted octanol–water partition coefficient (Wildman–Crippen LogP) is 13.6. The highest BCUT2D eigenvalue weighted by Crippen LogP contribution is 2.39. The third kappa shape index (κ3) is 5.99. The zero-order valence-corrected chi connectivity index (χ0v) is 34.9. The largest absolute Gasteiger partial charge is 0.309 e. The van der Waals surface area contributed by atoms with E-state index in [4.69, 9.17) is 9.97 Å². The summed E-state index contributed by atoms with van der Waals surface area (Å²) in [4.78, 5) is 10.6. The number of nitrogens with zero attached hydrogens (tertiary/aromatic N) is 4. The van der Waals surface area contributed by atoms with Gasteiger partial charge in [0.1, 0.15) is 0 Å². The van der Waals surface area contributed by atoms with Gasteiger partial charge in [-0.2, -0.15) is 0 Å². The van der Waals surface area contributed by atoms with E-state index in [-0.39, 0.29) is 5.92 Å². The fourth-order valence-corrected chi connectivity index (χ4v) is 10.1. The van der Waals surface area contributed by atoms with Gasteiger partial charge in [-0.25, -0.2) is 9.97 Å². The fraction of sp³-hybridized carbons (Fsp3) is 0.0333. The second kappa shape index (κ2) is 14.6. The van der Waals surface area contributed by atoms with Crippen LogP contribution in [0.1, 0.15) is 18.0 Å². The molecule has 3 heterocycles. The Morgan fingerprint density at radius 2 is 0.969 bits per heavy atom. The van der Waals surface area contributed by atoms with Crippen LogP contribution in [-0.4, -0.2) is 19.1 Å². The van der Waals surface area contributed by atoms with E-state index < -0.39 is 0 Å². The van der Waals surface area contributed by atoms with Gasteiger partial charge in [0.15, 0.2) is 5.82 Å². The van der Waals surface area contributed by atoms with Crippen LogP contribution in [0, 0.1) is 0 Å². The molecule has 1 aliphatic carbocycles. The van der Waals surface area contributed by atoms with E-state index in [1.165, 1.54) is 75.9 Å². The fourth-order valence-electron chi connectivity index (χ4n) is 10.1. The van der Waals surface area contributed by atoms with E-state index in [0.29, 0.717) is 0 Å². The van der Waals surface area contributed by atoms with Crippen molar-refractivity contribution in [3.63, 3.8) is 0 Å². The standard InChI is InChI=1S/C60H40N4/c1-2-16-48(17-3-1)63-57-21-11-9-19-51(57)53-36-44(29-33-58(53)63)45-28-32-52-50-18-8-10-20-56(50)64(59(52)37-45)49-30-26-41(27-31-49)60-61-54(46-24-22-39-12-4-6-14-42(39)34-46)38-55(62-60)47-25-23-40-13-5-7-15-43(40)35-47/h1-24,26-38,47H,25H2. The number of rotatable bonds is 6. The van der Waals surface area contributed by atoms with Crippen LogP contribution in [0.5, 0.6) is 0 Å². The molecule has 1 atom stereocenters. The predicted molar refractivity (Wildman–Crippen MR) is 267 cm³/mol. The van der Waals surface area contributed by atoms with Crippen LogP contribution in [0.25, 0.3) is 112 Å². The Morgan fingerprint density at radius 3 is 1.80 bits per heavy atom. The normalized spacial score (nSPS) is 13.7. The van der Waals surface area contributed by atoms with Crippen LogP contribution in [0.15, 0.2) is 212 Å². The highest BCUT2D eigenvalue weighted by Gasteiger charge is 2.19. The molecule has 9 aromatic carbocycles. The molecule has 300 valence electrons. The van der Waals surface area contributed by atoms with Gasteiger partial charge in [0.25, 0.3) is 0 Å². The zero-order valence-electron chi connectivity index (χ0n) is 34.9. The number of hydrogen-bond donors (Lipinski definition) is 0. The first kappa shape index (κ1) is 36.3. The monoisotopic (exact) mass is 816 g/mol. The van der Waals surface area contributed by atoms with Crippen molar-refractivity contribution in [2.24, 2.45) is 0 Å². The lowest BCUT2D eigenvalue weighted by atomic mass is 9.93. The van der Waals surface area contributed by atoms with Crippen molar-refractivity contribution < 1.29 is 0 Å². The molecule has 3 aromatic heterocycles. The van der Waals surface area contributed by atoms with Crippen LogP contribution in [0.4, 0.5) is 0 Å². The first-order valence-electron chi connectivity index (χ1n) is 22.1. The molecule has 4 nitrogen and oxygen atoms in total. The van der Waals surface area contributed by atoms with Gasteiger partial charge in [-0.1, -0.05) is 146 Å². The summed E-state index contributed by atoms with van der Waals surface area (Å²) >= 11 is 0. The summed E-state index contributed by atoms with van der Waals surface area (Å²) in [6, 6.07) is 76.7. The number of fused-ring (bicyclic) bond motifs is 8. The highest BCUT2D eigenvalue weighted by molar-refractivity contribution is 6.12. The molecule has 1 aliphatic rings. The number of hydrogen-bond acceptors (Lipinski definition) is 2. The van der Waals surface area contributed by atoms with Crippen LogP contribution in [0.3, 0.4) is 0 Å². The van der Waals surface area contributed by atoms with E-state index in [0.717, 1.165) is 46.1 Å². The summed E-state index contributed by atoms with van der Waals surface area (Å²) in [6.45, 7) is 0. The van der Waals surface area contributed by atoms with Crippen molar-refractivity contribution in [2.75, 3.05) is 0 Å². The molecule has 0 saturated carbocycles. The maximum absolute atomic E-state index is 5.31. The molecule has 0 fully saturated rings. The number of aromatic nitrogens is 4. The second-order valence-electron chi connectivity index (χ2n) is 17.0. The van der Waals surface area contributed by atoms with E-state index in [2.05, 4.69) is 234 Å². The maximum Gasteiger partial charge on any atom is 0.160 e. The first-order chi connectivity index (χ1) is 31.7. The Morgan fingerprint density at radius 1 is 0.375 bits per heavy atom. The topological polar surface area (TPSA) is 35.6 Å². The lowest BCUT2D eigenvalue weighted by molar-refractivity contribution is 0.866. The quantitative estimate of drug-likeness (QED) is 0.168. The summed E-state index contributed by atoms with van der Waals surface area (Å²) in [5, 5.41) is 9.89. The minimum atomic E-state index is 0.144. The van der Waals surface area contributed by atoms with Crippen molar-refractivity contribution in [1.29, 1.82) is 0 Å². The summed E-state index contributed by atoms with van der Waals surface area (Å²) in [7, 11) is 0. The smallest absolute Gasteiger partial charge is 0.160 e. The van der Waals surface area contributed by atoms with Gasteiger partial charge in [-0.3, -0.25) is 0 Å². The second-order valence-corrected chi connectivity index (χ2v) is 17.0. The van der Waals surface area contributed by atoms with Gasteiger partial charge in [-0.05, 0) is 118 Å². The lowest BCUT2D eigenvalue weighted by Gasteiger charge is -2.17. The number of benzene rings is 9. The molecule has 0 bridgehead atoms. The Bertz CT molecular complexity index is 3930. The van der Waals surface area contributed by atoms with E-state index in [1.807, 2.05) is 0 Å². The molecule has 0 radical (unpaired) electrons. The molecule has 0 spiro atoms. The molecule has 12 aromatic rings. The Hall–Kier alpha value is -8.34. The van der Waals surface area contributed by atoms with Gasteiger partial charge < -0.3 is 9.13 Å². The van der Waals surface area contributed by atoms with Gasteiger partial charge >= 0.3 is 0 Å². The molecular formula is C60H40N4. The summed E-state index contributed by atoms with van der Waals surface area (Å²) in [6.07, 6.45) is 5.60. The summed E-state index contributed by atoms with van der Waals surface area (Å²) in [5.74, 6) is 0.873. The van der Waals surface area contributed by atoms with Crippen molar-refractivity contribution in [1.82, 2.24) is 19.1 Å². The van der Waals surface area contributed by atoms with Crippen molar-refractivity contribution >= 4 is 66.5 Å². The third-order valence-corrected chi connectivity index (χ3v) is 13.2. The van der Waals surface area contributed by atoms with Gasteiger partial charge in [-0.15, -0.1) is 0 Å². The van der Waals surface area contributed by atoms with E-state index >= 15 is 0 Å². The Labute approximate surface area is 370 Å². The Balaban J connectivity index is 0.925. The Kier molecular flexibility index (Phi) is 8.31. The van der Waals surface area contributed by atoms with Gasteiger partial charge in [0.05, 0.1) is 33.5 Å². The van der Waals surface area contributed by atoms with Gasteiger partial charge in [0.2, 0.25) is 0 Å². The third-order valence-electron chi connectivity index (χ3n) is 13.2. The molecule has 64 heavy (non-hydrogen) atoms. The van der Waals surface area contributed by atoms with Crippen molar-refractivity contribution in [2.45, 2.75) is 12.3 Å². The molecule has 0 amide bonds. The molecule has 0 saturated heterocycles. The molecular weight excluding hydrogens is 777 g/mol. The first-order valence-corrected chi connectivity index (χ1v) is 22.1. The lowest BCUT2D eigenvalue weighted by Crippen LogP contribution is -2.28. The molecule has 1 unspecified atom stereocenters. The van der Waals surface area contributed by atoms with Crippen molar-refractivity contribution in [3.8, 4) is 45.1 Å². The maximum atomic E-state index is 5.31. The SMILES string of the molecule is C1=c2ccccc2=CC(c2cc(-c3ccc4ccccc4c3)nc(-c3ccc(-n4c5ccccc5c5ccc(-c6ccc7c(c6)c6ccccc6n7-c6ccccc6)cc54)cc3)n2)C1. The number of para-hydroxylation sites is 3. The zero-order chi connectivity index (χ0) is 42.1. The van der Waals surface area contributed by atoms with Crippen LogP contribution in [-0.2, 0) is 0 Å². The average Bonchev–Trinajstić information content (AvgIpc) is 3.88. The van der Waals surface area contributed by atoms with E-state index in [9.17, 15) is 0 Å². The van der Waals surface area contributed by atoms with Crippen LogP contribution < -0.4 is 10.4 Å². The molecule has 13 rings (SSSR count). The summed E-state index contributed by atoms with van der Waals surface area (Å²) in [5.41, 5.74) is 13.4. The van der Waals surface area contributed by atoms with E-state index in [1.54, 1.807) is 0 Å². The van der Waals surface area contributed by atoms with Crippen LogP contribution >= 0.6 is 0 Å². The summed E-state index contributed by atoms with van der Waals surface area (Å²) < 4.78 is 4.77. The highest BCUT2D eigenvalue weighted by atomic mass is 15.0. The average molecular weight is 817 g/mol.